The summed E-state index contributed by atoms with van der Waals surface area (Å²) < 4.78 is 45.1. The number of carbonyl (C=O) groups is 4. The summed E-state index contributed by atoms with van der Waals surface area (Å²) in [6.07, 6.45) is 6.65. The van der Waals surface area contributed by atoms with Crippen molar-refractivity contribution in [3.63, 3.8) is 0 Å². The maximum absolute atomic E-state index is 15.4. The van der Waals surface area contributed by atoms with Crippen LogP contribution in [0.15, 0.2) is 65.8 Å². The standard InChI is InChI=1S/C60H80N4O14/c1-9-33-25-57(6)26-38(55(68)69)29(2)24-60(57)27-39(54(67)64-60)51(66)59(8)34(21-43(33)65)17-18-36-40(59)14-12-16-45(36)76-47-20-19-44(30(3)72-47)75-49-28-58(7,71)52(32(5)74-49)78-48-23-46(50(61)31(4)73-48)77-56(70)42-22-37-35-13-10-11-15-41(35)62-53(37)63-42/h10-11,13,15,17-18,22,26-27,29-34,36,40,43-50,52,62-63,65,71H,9,12,14,16,19-21,23-25,28,61H2,1-8H3,(H,64,67)(H,68,69)/t29-,30+,31-,32-,33-,34+,36-,40+,43-,44+,45-,46-,47-,48+,49+,50+,52-,57+,58+,59+,60-/m0/s1. The average Bonchev–Trinajstić information content (AvgIpc) is 4.27. The van der Waals surface area contributed by atoms with Gasteiger partial charge in [-0.25, -0.2) is 9.59 Å². The minimum Gasteiger partial charge on any atom is -0.478 e. The van der Waals surface area contributed by atoms with Crippen LogP contribution in [0.2, 0.25) is 0 Å². The molecule has 21 atom stereocenters. The number of esters is 1. The molecular weight excluding hydrogens is 1000 g/mol. The Morgan fingerprint density at radius 2 is 1.55 bits per heavy atom. The van der Waals surface area contributed by atoms with Crippen LogP contribution in [-0.4, -0.2) is 134 Å². The Kier molecular flexibility index (Phi) is 14.6. The topological polar surface area (TPSA) is 263 Å². The van der Waals surface area contributed by atoms with Crippen LogP contribution in [0.4, 0.5) is 0 Å². The number of aliphatic carboxylic acids is 1. The van der Waals surface area contributed by atoms with Gasteiger partial charge in [0.1, 0.15) is 23.5 Å². The number of aliphatic hydroxyl groups is 2. The Bertz CT molecular complexity index is 2910. The molecule has 3 aromatic rings. The molecule has 2 bridgehead atoms. The smallest absolute Gasteiger partial charge is 0.355 e. The predicted molar refractivity (Wildman–Crippen MR) is 286 cm³/mol. The van der Waals surface area contributed by atoms with Gasteiger partial charge in [-0.05, 0) is 108 Å². The number of aromatic nitrogens is 2. The summed E-state index contributed by atoms with van der Waals surface area (Å²) in [5.74, 6) is -3.49. The van der Waals surface area contributed by atoms with E-state index in [2.05, 4.69) is 27.4 Å². The van der Waals surface area contributed by atoms with Crippen LogP contribution >= 0.6 is 0 Å². The van der Waals surface area contributed by atoms with Gasteiger partial charge in [-0.1, -0.05) is 77.0 Å². The van der Waals surface area contributed by atoms with Crippen molar-refractivity contribution < 1.29 is 67.7 Å². The number of hydrogen-bond acceptors (Lipinski definition) is 14. The summed E-state index contributed by atoms with van der Waals surface area (Å²) >= 11 is 0. The number of para-hydroxylation sites is 1. The van der Waals surface area contributed by atoms with E-state index >= 15 is 4.79 Å². The van der Waals surface area contributed by atoms with E-state index in [4.69, 9.17) is 38.9 Å². The summed E-state index contributed by atoms with van der Waals surface area (Å²) in [5.41, 5.74) is 4.63. The number of nitrogens with two attached hydrogens (primary N) is 1. The summed E-state index contributed by atoms with van der Waals surface area (Å²) in [7, 11) is 0. The van der Waals surface area contributed by atoms with Crippen LogP contribution in [0.3, 0.4) is 0 Å². The van der Waals surface area contributed by atoms with E-state index in [0.717, 1.165) is 41.2 Å². The van der Waals surface area contributed by atoms with Crippen molar-refractivity contribution in [3.05, 3.63) is 71.5 Å². The molecule has 18 nitrogen and oxygen atoms in total. The van der Waals surface area contributed by atoms with Crippen molar-refractivity contribution in [2.45, 2.75) is 211 Å². The molecule has 424 valence electrons. The highest BCUT2D eigenvalue weighted by Gasteiger charge is 2.61. The summed E-state index contributed by atoms with van der Waals surface area (Å²) in [4.78, 5) is 62.1. The molecule has 1 saturated carbocycles. The van der Waals surface area contributed by atoms with Gasteiger partial charge in [-0.15, -0.1) is 0 Å². The number of ether oxygens (including phenoxy) is 7. The molecule has 18 heteroatoms. The van der Waals surface area contributed by atoms with E-state index in [1.165, 1.54) is 0 Å². The number of H-pyrrole nitrogens is 2. The maximum Gasteiger partial charge on any atom is 0.355 e. The van der Waals surface area contributed by atoms with Crippen LogP contribution in [0.5, 0.6) is 0 Å². The molecule has 1 spiro atoms. The molecule has 2 aromatic heterocycles. The third-order valence-corrected chi connectivity index (χ3v) is 19.9. The Hall–Kier alpha value is -4.76. The zero-order valence-electron chi connectivity index (χ0n) is 46.2. The number of Topliss-reactive ketones (excluding diaryl/α,β-unsaturated/α-hetero) is 1. The molecule has 6 heterocycles. The summed E-state index contributed by atoms with van der Waals surface area (Å²) in [6, 6.07) is 9.01. The first-order chi connectivity index (χ1) is 37.0. The Morgan fingerprint density at radius 1 is 0.808 bits per heavy atom. The first-order valence-corrected chi connectivity index (χ1v) is 28.6. The molecule has 8 N–H and O–H groups in total. The predicted octanol–water partition coefficient (Wildman–Crippen LogP) is 7.41. The second-order valence-electron chi connectivity index (χ2n) is 25.1. The van der Waals surface area contributed by atoms with Crippen molar-refractivity contribution >= 4 is 45.6 Å². The number of rotatable bonds is 10. The monoisotopic (exact) mass is 1080 g/mol. The van der Waals surface area contributed by atoms with E-state index in [0.29, 0.717) is 49.8 Å². The van der Waals surface area contributed by atoms with Crippen molar-refractivity contribution in [2.75, 3.05) is 0 Å². The lowest BCUT2D eigenvalue weighted by molar-refractivity contribution is -0.339. The van der Waals surface area contributed by atoms with E-state index in [1.54, 1.807) is 26.0 Å². The minimum atomic E-state index is -1.40. The molecule has 78 heavy (non-hydrogen) atoms. The molecule has 11 rings (SSSR count). The van der Waals surface area contributed by atoms with Gasteiger partial charge in [-0.2, -0.15) is 0 Å². The van der Waals surface area contributed by atoms with Crippen molar-refractivity contribution in [2.24, 2.45) is 46.2 Å². The number of benzene rings is 1. The molecule has 4 aliphatic heterocycles. The molecule has 1 amide bonds. The van der Waals surface area contributed by atoms with Crippen LogP contribution in [0.1, 0.15) is 137 Å². The van der Waals surface area contributed by atoms with Crippen LogP contribution in [0.25, 0.3) is 21.9 Å². The first kappa shape index (κ1) is 55.2. The highest BCUT2D eigenvalue weighted by atomic mass is 16.7. The SMILES string of the molecule is CC[C@H]1C[C@]2(C)C=C(C(=O)O)[C@@H](C)C[C@]23C=C(C(=O)N3)C(=O)[C@]2(C)[C@H](C=C[C@@H]3[C@@H](O[C@H]4CC[C@@H](O[C@@H]5C[C@@](C)(O)[C@@H](O[C@@H]6C[C@H](OC(=O)c7cc8c([nH]7)[nH]c7ccccc78)[C@H](N)[C@H](C)O6)[C@H](C)O5)[C@@H](C)O4)CCC[C@H]32)C[C@@H]1O. The third-order valence-electron chi connectivity index (χ3n) is 19.9. The van der Waals surface area contributed by atoms with Gasteiger partial charge in [0.15, 0.2) is 24.7 Å². The van der Waals surface area contributed by atoms with Gasteiger partial charge in [0.2, 0.25) is 0 Å². The van der Waals surface area contributed by atoms with Crippen LogP contribution < -0.4 is 11.1 Å². The van der Waals surface area contributed by atoms with E-state index in [-0.39, 0.29) is 66.0 Å². The fourth-order valence-corrected chi connectivity index (χ4v) is 15.4. The number of amides is 1. The van der Waals surface area contributed by atoms with Gasteiger partial charge >= 0.3 is 11.9 Å². The normalized spacial score (nSPS) is 43.9. The number of nitrogens with one attached hydrogen (secondary N) is 3. The van der Waals surface area contributed by atoms with Gasteiger partial charge in [0.05, 0.1) is 59.4 Å². The minimum absolute atomic E-state index is 0.104. The van der Waals surface area contributed by atoms with Crippen molar-refractivity contribution in [1.29, 1.82) is 0 Å². The molecule has 1 aromatic carbocycles. The van der Waals surface area contributed by atoms with Crippen molar-refractivity contribution in [3.8, 4) is 0 Å². The highest BCUT2D eigenvalue weighted by molar-refractivity contribution is 6.23. The van der Waals surface area contributed by atoms with Crippen LogP contribution in [0, 0.1) is 40.4 Å². The first-order valence-electron chi connectivity index (χ1n) is 28.6. The number of aliphatic hydroxyl groups excluding tert-OH is 1. The quantitative estimate of drug-likeness (QED) is 0.0592. The molecule has 4 fully saturated rings. The molecule has 0 radical (unpaired) electrons. The molecular formula is C60H80N4O14. The van der Waals surface area contributed by atoms with Gasteiger partial charge < -0.3 is 69.5 Å². The zero-order chi connectivity index (χ0) is 55.4. The zero-order valence-corrected chi connectivity index (χ0v) is 46.2. The molecule has 0 unspecified atom stereocenters. The number of hydrogen-bond donors (Lipinski definition) is 7. The van der Waals surface area contributed by atoms with Gasteiger partial charge in [0.25, 0.3) is 5.91 Å². The highest BCUT2D eigenvalue weighted by Crippen LogP contribution is 2.58. The van der Waals surface area contributed by atoms with E-state index in [9.17, 15) is 29.7 Å². The lowest BCUT2D eigenvalue weighted by Crippen LogP contribution is -2.60. The largest absolute Gasteiger partial charge is 0.478 e. The number of aromatic amines is 2. The number of carboxylic acid groups (broad SMARTS) is 1. The fourth-order valence-electron chi connectivity index (χ4n) is 15.4. The van der Waals surface area contributed by atoms with Crippen LogP contribution in [-0.2, 0) is 47.5 Å². The van der Waals surface area contributed by atoms with Gasteiger partial charge in [0, 0.05) is 57.9 Å². The summed E-state index contributed by atoms with van der Waals surface area (Å²) in [5, 5.41) is 39.4. The van der Waals surface area contributed by atoms with Gasteiger partial charge in [-0.3, -0.25) is 9.59 Å². The average molecular weight is 1080 g/mol. The van der Waals surface area contributed by atoms with E-state index in [1.807, 2.05) is 71.9 Å². The third kappa shape index (κ3) is 9.61. The lowest BCUT2D eigenvalue weighted by atomic mass is 9.52. The fraction of sp³-hybridized carbons (Fsp3) is 0.667. The second-order valence-corrected chi connectivity index (χ2v) is 25.1. The van der Waals surface area contributed by atoms with E-state index < -0.39 is 101 Å². The maximum atomic E-state index is 15.4. The Labute approximate surface area is 455 Å². The number of carbonyl (C=O) groups excluding carboxylic acids is 3. The number of carboxylic acids is 1. The number of ketones is 1. The lowest BCUT2D eigenvalue weighted by Gasteiger charge is -2.53. The molecule has 8 aliphatic rings. The second kappa shape index (κ2) is 20.7. The Morgan fingerprint density at radius 3 is 2.29 bits per heavy atom. The number of allylic oxidation sites excluding steroid dienone is 1. The molecule has 3 saturated heterocycles. The summed E-state index contributed by atoms with van der Waals surface area (Å²) in [6.45, 7) is 15.1. The van der Waals surface area contributed by atoms with Crippen molar-refractivity contribution in [1.82, 2.24) is 15.3 Å². The Balaban J connectivity index is 0.720. The molecule has 4 aliphatic carbocycles. The number of fused-ring (bicyclic) bond motifs is 6.